The summed E-state index contributed by atoms with van der Waals surface area (Å²) >= 11 is 0. The number of furan rings is 1. The van der Waals surface area contributed by atoms with Crippen molar-refractivity contribution in [2.24, 2.45) is 0 Å². The quantitative estimate of drug-likeness (QED) is 0.936. The maximum Gasteiger partial charge on any atom is 0.267 e. The van der Waals surface area contributed by atoms with E-state index in [0.717, 1.165) is 6.26 Å². The average Bonchev–Trinajstić information content (AvgIpc) is 2.86. The Balaban J connectivity index is 2.13. The van der Waals surface area contributed by atoms with E-state index in [1.165, 1.54) is 24.5 Å². The lowest BCUT2D eigenvalue weighted by Crippen LogP contribution is -2.31. The van der Waals surface area contributed by atoms with Crippen LogP contribution in [0, 0.1) is 12.7 Å². The van der Waals surface area contributed by atoms with E-state index in [-0.39, 0.29) is 11.1 Å². The fraction of sp³-hybridized carbons (Fsp3) is 0.154. The fourth-order valence-electron chi connectivity index (χ4n) is 1.60. The van der Waals surface area contributed by atoms with Gasteiger partial charge in [-0.1, -0.05) is 12.1 Å². The smallest absolute Gasteiger partial charge is 0.267 e. The molecule has 2 aromatic rings. The molecule has 0 aliphatic rings. The van der Waals surface area contributed by atoms with E-state index in [4.69, 9.17) is 0 Å². The van der Waals surface area contributed by atoms with Gasteiger partial charge in [0.05, 0.1) is 17.6 Å². The van der Waals surface area contributed by atoms with Gasteiger partial charge in [-0.3, -0.25) is 4.79 Å². The zero-order chi connectivity index (χ0) is 14.8. The minimum absolute atomic E-state index is 0.00286. The Morgan fingerprint density at radius 2 is 2.10 bits per heavy atom. The molecule has 0 saturated carbocycles. The van der Waals surface area contributed by atoms with Crippen molar-refractivity contribution < 1.29 is 22.0 Å². The van der Waals surface area contributed by atoms with Crippen LogP contribution in [-0.4, -0.2) is 14.3 Å². The number of carbonyl (C=O) groups is 1. The first-order valence-corrected chi connectivity index (χ1v) is 7.35. The van der Waals surface area contributed by atoms with E-state index < -0.39 is 27.5 Å². The van der Waals surface area contributed by atoms with Crippen LogP contribution in [0.1, 0.15) is 21.5 Å². The Morgan fingerprint density at radius 1 is 1.35 bits per heavy atom. The van der Waals surface area contributed by atoms with Gasteiger partial charge in [-0.15, -0.1) is 0 Å². The Labute approximate surface area is 115 Å². The van der Waals surface area contributed by atoms with Crippen LogP contribution in [0.3, 0.4) is 0 Å². The minimum atomic E-state index is -3.98. The van der Waals surface area contributed by atoms with Crippen molar-refractivity contribution in [3.63, 3.8) is 0 Å². The Bertz CT molecular complexity index is 723. The molecule has 0 fully saturated rings. The molecule has 0 aliphatic carbocycles. The predicted octanol–water partition coefficient (Wildman–Crippen LogP) is 1.99. The summed E-state index contributed by atoms with van der Waals surface area (Å²) in [6.45, 7) is 1.70. The van der Waals surface area contributed by atoms with Gasteiger partial charge in [0.15, 0.2) is 0 Å². The third kappa shape index (κ3) is 3.45. The number of hydrogen-bond acceptors (Lipinski definition) is 4. The Kier molecular flexibility index (Phi) is 3.89. The molecule has 1 aromatic carbocycles. The summed E-state index contributed by atoms with van der Waals surface area (Å²) in [5.74, 6) is -2.04. The molecule has 0 spiro atoms. The number of nitrogens with one attached hydrogen (secondary N) is 1. The van der Waals surface area contributed by atoms with Crippen LogP contribution >= 0.6 is 0 Å². The first-order valence-electron chi connectivity index (χ1n) is 5.69. The molecule has 0 saturated heterocycles. The van der Waals surface area contributed by atoms with Crippen molar-refractivity contribution in [1.29, 1.82) is 0 Å². The van der Waals surface area contributed by atoms with E-state index in [1.807, 2.05) is 4.72 Å². The van der Waals surface area contributed by atoms with Crippen molar-refractivity contribution in [1.82, 2.24) is 4.72 Å². The molecule has 1 N–H and O–H groups in total. The monoisotopic (exact) mass is 297 g/mol. The largest absolute Gasteiger partial charge is 0.472 e. The molecule has 5 nitrogen and oxygen atoms in total. The van der Waals surface area contributed by atoms with Gasteiger partial charge in [-0.25, -0.2) is 17.5 Å². The number of amides is 1. The molecule has 0 radical (unpaired) electrons. The molecule has 0 atom stereocenters. The zero-order valence-electron chi connectivity index (χ0n) is 10.6. The molecular formula is C13H12FNO4S. The highest BCUT2D eigenvalue weighted by Crippen LogP contribution is 2.13. The maximum absolute atomic E-state index is 13.6. The van der Waals surface area contributed by atoms with E-state index in [1.54, 1.807) is 13.0 Å². The fourth-order valence-corrected chi connectivity index (χ4v) is 2.72. The van der Waals surface area contributed by atoms with E-state index in [0.29, 0.717) is 5.56 Å². The van der Waals surface area contributed by atoms with Crippen LogP contribution in [0.4, 0.5) is 4.39 Å². The summed E-state index contributed by atoms with van der Waals surface area (Å²) in [5.41, 5.74) is 0.770. The van der Waals surface area contributed by atoms with Crippen LogP contribution in [-0.2, 0) is 15.8 Å². The highest BCUT2D eigenvalue weighted by Gasteiger charge is 2.19. The van der Waals surface area contributed by atoms with Gasteiger partial charge < -0.3 is 4.42 Å². The van der Waals surface area contributed by atoms with Crippen LogP contribution in [0.25, 0.3) is 0 Å². The van der Waals surface area contributed by atoms with Gasteiger partial charge >= 0.3 is 0 Å². The lowest BCUT2D eigenvalue weighted by atomic mass is 10.2. The molecule has 0 aliphatic heterocycles. The molecule has 1 heterocycles. The molecule has 2 rings (SSSR count). The Morgan fingerprint density at radius 3 is 2.70 bits per heavy atom. The number of aryl methyl sites for hydroxylation is 1. The molecule has 20 heavy (non-hydrogen) atoms. The maximum atomic E-state index is 13.6. The molecule has 7 heteroatoms. The summed E-state index contributed by atoms with van der Waals surface area (Å²) in [4.78, 5) is 11.6. The van der Waals surface area contributed by atoms with Gasteiger partial charge in [0.25, 0.3) is 5.91 Å². The van der Waals surface area contributed by atoms with Crippen LogP contribution in [0.15, 0.2) is 41.2 Å². The second-order valence-corrected chi connectivity index (χ2v) is 6.02. The molecule has 0 bridgehead atoms. The minimum Gasteiger partial charge on any atom is -0.472 e. The molecule has 1 aromatic heterocycles. The lowest BCUT2D eigenvalue weighted by molar-refractivity contribution is 0.0980. The van der Waals surface area contributed by atoms with Crippen molar-refractivity contribution >= 4 is 15.9 Å². The van der Waals surface area contributed by atoms with Gasteiger partial charge in [-0.2, -0.15) is 0 Å². The summed E-state index contributed by atoms with van der Waals surface area (Å²) in [7, 11) is -3.98. The number of sulfonamides is 1. The highest BCUT2D eigenvalue weighted by atomic mass is 32.2. The predicted molar refractivity (Wildman–Crippen MR) is 69.9 cm³/mol. The normalized spacial score (nSPS) is 11.3. The molecular weight excluding hydrogens is 285 g/mol. The third-order valence-corrected chi connectivity index (χ3v) is 3.77. The van der Waals surface area contributed by atoms with Gasteiger partial charge in [0.1, 0.15) is 12.1 Å². The van der Waals surface area contributed by atoms with Crippen LogP contribution < -0.4 is 4.72 Å². The zero-order valence-corrected chi connectivity index (χ0v) is 11.4. The highest BCUT2D eigenvalue weighted by molar-refractivity contribution is 7.89. The summed E-state index contributed by atoms with van der Waals surface area (Å²) in [6.07, 6.45) is 2.37. The first kappa shape index (κ1) is 14.3. The van der Waals surface area contributed by atoms with Crippen LogP contribution in [0.5, 0.6) is 0 Å². The summed E-state index contributed by atoms with van der Waals surface area (Å²) in [6, 6.07) is 5.55. The molecule has 0 unspecified atom stereocenters. The van der Waals surface area contributed by atoms with E-state index >= 15 is 0 Å². The number of rotatable bonds is 4. The van der Waals surface area contributed by atoms with Crippen molar-refractivity contribution in [3.05, 3.63) is 59.3 Å². The number of halogens is 1. The SMILES string of the molecule is Cc1ccc(CS(=O)(=O)NC(=O)c2ccoc2)c(F)c1. The first-order chi connectivity index (χ1) is 9.37. The second-order valence-electron chi connectivity index (χ2n) is 4.30. The summed E-state index contributed by atoms with van der Waals surface area (Å²) in [5, 5.41) is 0. The topological polar surface area (TPSA) is 76.4 Å². The van der Waals surface area contributed by atoms with E-state index in [9.17, 15) is 17.6 Å². The van der Waals surface area contributed by atoms with E-state index in [2.05, 4.69) is 4.42 Å². The second kappa shape index (κ2) is 5.46. The molecule has 106 valence electrons. The van der Waals surface area contributed by atoms with Crippen molar-refractivity contribution in [2.75, 3.05) is 0 Å². The van der Waals surface area contributed by atoms with Crippen molar-refractivity contribution in [2.45, 2.75) is 12.7 Å². The van der Waals surface area contributed by atoms with Crippen molar-refractivity contribution in [3.8, 4) is 0 Å². The number of benzene rings is 1. The third-order valence-electron chi connectivity index (χ3n) is 2.59. The standard InChI is InChI=1S/C13H12FNO4S/c1-9-2-3-11(12(14)6-9)8-20(17,18)15-13(16)10-4-5-19-7-10/h2-7H,8H2,1H3,(H,15,16). The van der Waals surface area contributed by atoms with Gasteiger partial charge in [0, 0.05) is 5.56 Å². The Hall–Kier alpha value is -2.15. The van der Waals surface area contributed by atoms with Gasteiger partial charge in [0.2, 0.25) is 10.0 Å². The van der Waals surface area contributed by atoms with Gasteiger partial charge in [-0.05, 0) is 24.6 Å². The number of hydrogen-bond donors (Lipinski definition) is 1. The summed E-state index contributed by atoms with van der Waals surface area (Å²) < 4.78 is 43.8. The lowest BCUT2D eigenvalue weighted by Gasteiger charge is -2.07. The number of carbonyl (C=O) groups excluding carboxylic acids is 1. The molecule has 1 amide bonds. The average molecular weight is 297 g/mol. The van der Waals surface area contributed by atoms with Crippen LogP contribution in [0.2, 0.25) is 0 Å².